The summed E-state index contributed by atoms with van der Waals surface area (Å²) in [6, 6.07) is 16.2. The largest absolute Gasteiger partial charge is 0.459 e. The molecule has 1 aromatic heterocycles. The number of hydrogen-bond acceptors (Lipinski definition) is 3. The molecule has 0 aliphatic heterocycles. The van der Waals surface area contributed by atoms with Gasteiger partial charge in [-0.1, -0.05) is 18.2 Å². The van der Waals surface area contributed by atoms with Crippen LogP contribution in [0.25, 0.3) is 11.0 Å². The first-order valence-electron chi connectivity index (χ1n) is 6.35. The summed E-state index contributed by atoms with van der Waals surface area (Å²) in [5, 5.41) is 0.750. The van der Waals surface area contributed by atoms with Crippen LogP contribution in [0.1, 0.15) is 11.8 Å². The van der Waals surface area contributed by atoms with Crippen molar-refractivity contribution in [3.05, 3.63) is 66.2 Å². The van der Waals surface area contributed by atoms with Gasteiger partial charge in [0.05, 0.1) is 6.04 Å². The number of halogens is 1. The fourth-order valence-corrected chi connectivity index (χ4v) is 2.89. The molecule has 3 rings (SSSR count). The quantitative estimate of drug-likeness (QED) is 0.724. The first kappa shape index (κ1) is 13.2. The van der Waals surface area contributed by atoms with E-state index in [0.29, 0.717) is 17.1 Å². The summed E-state index contributed by atoms with van der Waals surface area (Å²) >= 11 is 1.68. The molecule has 0 spiro atoms. The monoisotopic (exact) mass is 287 g/mol. The van der Waals surface area contributed by atoms with Gasteiger partial charge < -0.3 is 10.2 Å². The number of furan rings is 1. The summed E-state index contributed by atoms with van der Waals surface area (Å²) in [7, 11) is 0. The Morgan fingerprint density at radius 2 is 1.90 bits per heavy atom. The van der Waals surface area contributed by atoms with Crippen LogP contribution in [-0.4, -0.2) is 5.75 Å². The fraction of sp³-hybridized carbons (Fsp3) is 0.125. The van der Waals surface area contributed by atoms with Gasteiger partial charge in [0.2, 0.25) is 0 Å². The topological polar surface area (TPSA) is 39.2 Å². The molecule has 4 heteroatoms. The second kappa shape index (κ2) is 5.69. The van der Waals surface area contributed by atoms with Gasteiger partial charge in [-0.15, -0.1) is 11.8 Å². The van der Waals surface area contributed by atoms with Gasteiger partial charge in [0.25, 0.3) is 0 Å². The van der Waals surface area contributed by atoms with Crippen molar-refractivity contribution in [1.29, 1.82) is 0 Å². The first-order valence-corrected chi connectivity index (χ1v) is 7.33. The van der Waals surface area contributed by atoms with Crippen molar-refractivity contribution in [3.63, 3.8) is 0 Å². The van der Waals surface area contributed by atoms with Crippen molar-refractivity contribution < 1.29 is 8.81 Å². The lowest BCUT2D eigenvalue weighted by molar-refractivity contribution is 0.515. The number of hydrogen-bond donors (Lipinski definition) is 1. The zero-order valence-electron chi connectivity index (χ0n) is 10.8. The van der Waals surface area contributed by atoms with Crippen LogP contribution in [0.3, 0.4) is 0 Å². The molecule has 102 valence electrons. The number of benzene rings is 2. The smallest absolute Gasteiger partial charge is 0.134 e. The van der Waals surface area contributed by atoms with Crippen molar-refractivity contribution in [2.75, 3.05) is 5.75 Å². The zero-order chi connectivity index (χ0) is 13.9. The van der Waals surface area contributed by atoms with E-state index in [1.807, 2.05) is 36.4 Å². The Morgan fingerprint density at radius 3 is 2.70 bits per heavy atom. The van der Waals surface area contributed by atoms with E-state index in [2.05, 4.69) is 0 Å². The highest BCUT2D eigenvalue weighted by molar-refractivity contribution is 7.99. The molecule has 3 aromatic rings. The summed E-state index contributed by atoms with van der Waals surface area (Å²) in [6.45, 7) is 0. The highest BCUT2D eigenvalue weighted by atomic mass is 32.2. The molecule has 0 radical (unpaired) electrons. The van der Waals surface area contributed by atoms with Crippen molar-refractivity contribution in [3.8, 4) is 0 Å². The van der Waals surface area contributed by atoms with E-state index in [0.717, 1.165) is 5.39 Å². The second-order valence-electron chi connectivity index (χ2n) is 4.56. The Bertz CT molecular complexity index is 711. The molecule has 0 saturated carbocycles. The van der Waals surface area contributed by atoms with Crippen LogP contribution in [0, 0.1) is 5.82 Å². The molecular formula is C16H14FNOS. The van der Waals surface area contributed by atoms with Gasteiger partial charge in [0.15, 0.2) is 0 Å². The van der Waals surface area contributed by atoms with E-state index in [9.17, 15) is 4.39 Å². The average molecular weight is 287 g/mol. The summed E-state index contributed by atoms with van der Waals surface area (Å²) in [5.41, 5.74) is 6.80. The summed E-state index contributed by atoms with van der Waals surface area (Å²) in [5.74, 6) is 1.14. The molecule has 1 unspecified atom stereocenters. The lowest BCUT2D eigenvalue weighted by Gasteiger charge is -2.07. The Labute approximate surface area is 120 Å². The molecule has 2 aromatic carbocycles. The maximum atomic E-state index is 13.1. The van der Waals surface area contributed by atoms with Gasteiger partial charge in [-0.3, -0.25) is 0 Å². The van der Waals surface area contributed by atoms with Crippen LogP contribution in [0.2, 0.25) is 0 Å². The molecule has 2 nitrogen and oxygen atoms in total. The molecule has 1 atom stereocenters. The molecule has 1 heterocycles. The highest BCUT2D eigenvalue weighted by Crippen LogP contribution is 2.27. The third-order valence-corrected chi connectivity index (χ3v) is 4.17. The summed E-state index contributed by atoms with van der Waals surface area (Å²) in [4.78, 5) is 1.17. The Hall–Kier alpha value is -1.78. The lowest BCUT2D eigenvalue weighted by atomic mass is 10.2. The fourth-order valence-electron chi connectivity index (χ4n) is 2.00. The third kappa shape index (κ3) is 2.86. The second-order valence-corrected chi connectivity index (χ2v) is 5.65. The first-order chi connectivity index (χ1) is 9.72. The zero-order valence-corrected chi connectivity index (χ0v) is 11.6. The van der Waals surface area contributed by atoms with Crippen molar-refractivity contribution in [2.45, 2.75) is 10.9 Å². The van der Waals surface area contributed by atoms with E-state index in [1.165, 1.54) is 17.0 Å². The Morgan fingerprint density at radius 1 is 1.10 bits per heavy atom. The minimum absolute atomic E-state index is 0.212. The van der Waals surface area contributed by atoms with Gasteiger partial charge in [-0.2, -0.15) is 0 Å². The maximum absolute atomic E-state index is 13.1. The average Bonchev–Trinajstić information content (AvgIpc) is 2.89. The van der Waals surface area contributed by atoms with Crippen molar-refractivity contribution in [2.24, 2.45) is 5.73 Å². The van der Waals surface area contributed by atoms with Crippen LogP contribution in [0.5, 0.6) is 0 Å². The predicted molar refractivity (Wildman–Crippen MR) is 80.3 cm³/mol. The normalized spacial score (nSPS) is 12.7. The van der Waals surface area contributed by atoms with Gasteiger partial charge in [-0.25, -0.2) is 4.39 Å². The van der Waals surface area contributed by atoms with Crippen LogP contribution in [0.15, 0.2) is 63.9 Å². The number of fused-ring (bicyclic) bond motifs is 1. The molecule has 0 saturated heterocycles. The standard InChI is InChI=1S/C16H14FNOS/c17-12-6-7-15-11(8-12)9-16(19-15)14(18)10-20-13-4-2-1-3-5-13/h1-9,14H,10,18H2. The van der Waals surface area contributed by atoms with E-state index in [4.69, 9.17) is 10.2 Å². The number of rotatable bonds is 4. The summed E-state index contributed by atoms with van der Waals surface area (Å²) < 4.78 is 18.8. The van der Waals surface area contributed by atoms with Crippen LogP contribution in [0.4, 0.5) is 4.39 Å². The molecule has 20 heavy (non-hydrogen) atoms. The van der Waals surface area contributed by atoms with Crippen LogP contribution in [-0.2, 0) is 0 Å². The lowest BCUT2D eigenvalue weighted by Crippen LogP contribution is -2.11. The summed E-state index contributed by atoms with van der Waals surface area (Å²) in [6.07, 6.45) is 0. The Balaban J connectivity index is 1.73. The van der Waals surface area contributed by atoms with Gasteiger partial charge in [0.1, 0.15) is 17.2 Å². The predicted octanol–water partition coefficient (Wildman–Crippen LogP) is 4.36. The van der Waals surface area contributed by atoms with Crippen LogP contribution < -0.4 is 5.73 Å². The molecule has 2 N–H and O–H groups in total. The van der Waals surface area contributed by atoms with Gasteiger partial charge in [-0.05, 0) is 36.4 Å². The minimum Gasteiger partial charge on any atom is -0.459 e. The van der Waals surface area contributed by atoms with Crippen molar-refractivity contribution in [1.82, 2.24) is 0 Å². The van der Waals surface area contributed by atoms with Gasteiger partial charge >= 0.3 is 0 Å². The van der Waals surface area contributed by atoms with Gasteiger partial charge in [0, 0.05) is 16.0 Å². The molecule has 0 fully saturated rings. The van der Waals surface area contributed by atoms with E-state index >= 15 is 0 Å². The number of nitrogens with two attached hydrogens (primary N) is 1. The molecule has 0 amide bonds. The van der Waals surface area contributed by atoms with E-state index < -0.39 is 0 Å². The number of thioether (sulfide) groups is 1. The Kier molecular flexibility index (Phi) is 3.76. The maximum Gasteiger partial charge on any atom is 0.134 e. The van der Waals surface area contributed by atoms with E-state index in [1.54, 1.807) is 17.8 Å². The molecule has 0 aliphatic carbocycles. The van der Waals surface area contributed by atoms with Crippen LogP contribution >= 0.6 is 11.8 Å². The SMILES string of the molecule is NC(CSc1ccccc1)c1cc2cc(F)ccc2o1. The minimum atomic E-state index is -0.267. The molecular weight excluding hydrogens is 273 g/mol. The molecule has 0 bridgehead atoms. The van der Waals surface area contributed by atoms with Crippen molar-refractivity contribution >= 4 is 22.7 Å². The molecule has 0 aliphatic rings. The third-order valence-electron chi connectivity index (χ3n) is 3.04. The highest BCUT2D eigenvalue weighted by Gasteiger charge is 2.13. The van der Waals surface area contributed by atoms with E-state index in [-0.39, 0.29) is 11.9 Å².